The number of methoxy groups -OCH3 is 1. The molecule has 0 fully saturated rings. The quantitative estimate of drug-likeness (QED) is 0.381. The average molecular weight is 476 g/mol. The number of ether oxygens (including phenoxy) is 1. The van der Waals surface area contributed by atoms with E-state index in [9.17, 15) is 0 Å². The fraction of sp³-hybridized carbons (Fsp3) is 0.375. The van der Waals surface area contributed by atoms with Gasteiger partial charge in [-0.2, -0.15) is 4.98 Å². The highest BCUT2D eigenvalue weighted by molar-refractivity contribution is 5.57. The standard InChI is InChI=1S/C24H29N9O2/c1-15(2)24(3,17-6-7-18(26-12-17)16-10-29-23(25)30-11-16)22-31-21(35-32-22)19-13-28-20(14-27-19)33(4)8-9-34-5/h6-7,10-15H,8-9H2,1-5H3,(H2,25,29,30)/t24-/m0/s1. The molecule has 0 amide bonds. The lowest BCUT2D eigenvalue weighted by molar-refractivity contribution is 0.206. The summed E-state index contributed by atoms with van der Waals surface area (Å²) in [6.07, 6.45) is 8.44. The summed E-state index contributed by atoms with van der Waals surface area (Å²) >= 11 is 0. The number of aromatic nitrogens is 7. The monoisotopic (exact) mass is 475 g/mol. The van der Waals surface area contributed by atoms with Crippen molar-refractivity contribution in [1.29, 1.82) is 0 Å². The predicted molar refractivity (Wildman–Crippen MR) is 131 cm³/mol. The van der Waals surface area contributed by atoms with Crippen LogP contribution in [-0.2, 0) is 10.2 Å². The van der Waals surface area contributed by atoms with Gasteiger partial charge in [0.2, 0.25) is 5.95 Å². The van der Waals surface area contributed by atoms with Crippen molar-refractivity contribution in [2.75, 3.05) is 37.9 Å². The molecule has 11 heteroatoms. The van der Waals surface area contributed by atoms with Crippen LogP contribution in [0.4, 0.5) is 11.8 Å². The summed E-state index contributed by atoms with van der Waals surface area (Å²) in [6, 6.07) is 3.94. The van der Waals surface area contributed by atoms with Gasteiger partial charge >= 0.3 is 0 Å². The zero-order valence-corrected chi connectivity index (χ0v) is 20.5. The van der Waals surface area contributed by atoms with Crippen LogP contribution in [0.25, 0.3) is 22.8 Å². The lowest BCUT2D eigenvalue weighted by Gasteiger charge is -2.30. The van der Waals surface area contributed by atoms with E-state index >= 15 is 0 Å². The van der Waals surface area contributed by atoms with Gasteiger partial charge in [-0.05, 0) is 24.5 Å². The van der Waals surface area contributed by atoms with Crippen LogP contribution >= 0.6 is 0 Å². The van der Waals surface area contributed by atoms with Gasteiger partial charge in [0, 0.05) is 44.9 Å². The molecule has 4 rings (SSSR count). The molecule has 0 aliphatic carbocycles. The van der Waals surface area contributed by atoms with E-state index in [1.165, 1.54) is 0 Å². The third kappa shape index (κ3) is 4.94. The molecule has 0 spiro atoms. The molecule has 1 atom stereocenters. The lowest BCUT2D eigenvalue weighted by Crippen LogP contribution is -2.31. The van der Waals surface area contributed by atoms with Crippen molar-refractivity contribution in [1.82, 2.24) is 35.1 Å². The third-order valence-electron chi connectivity index (χ3n) is 6.26. The Labute approximate surface area is 203 Å². The molecule has 0 aliphatic rings. The average Bonchev–Trinajstić information content (AvgIpc) is 3.38. The maximum atomic E-state index is 5.59. The van der Waals surface area contributed by atoms with Gasteiger partial charge in [-0.1, -0.05) is 25.1 Å². The van der Waals surface area contributed by atoms with E-state index in [0.29, 0.717) is 30.6 Å². The van der Waals surface area contributed by atoms with E-state index in [4.69, 9.17) is 15.0 Å². The Balaban J connectivity index is 1.59. The SMILES string of the molecule is COCCN(C)c1cnc(-c2nc([C@](C)(c3ccc(-c4cnc(N)nc4)nc3)C(C)C)no2)cn1. The van der Waals surface area contributed by atoms with Crippen LogP contribution < -0.4 is 10.6 Å². The van der Waals surface area contributed by atoms with Crippen LogP contribution in [0.2, 0.25) is 0 Å². The zero-order valence-electron chi connectivity index (χ0n) is 20.5. The second-order valence-corrected chi connectivity index (χ2v) is 8.72. The highest BCUT2D eigenvalue weighted by Crippen LogP contribution is 2.38. The second kappa shape index (κ2) is 10.1. The molecule has 0 radical (unpaired) electrons. The minimum atomic E-state index is -0.543. The highest BCUT2D eigenvalue weighted by atomic mass is 16.5. The van der Waals surface area contributed by atoms with Gasteiger partial charge in [-0.25, -0.2) is 19.9 Å². The number of nitrogens with zero attached hydrogens (tertiary/aromatic N) is 8. The molecule has 35 heavy (non-hydrogen) atoms. The van der Waals surface area contributed by atoms with Crippen LogP contribution in [0.5, 0.6) is 0 Å². The summed E-state index contributed by atoms with van der Waals surface area (Å²) in [5, 5.41) is 4.31. The highest BCUT2D eigenvalue weighted by Gasteiger charge is 2.38. The third-order valence-corrected chi connectivity index (χ3v) is 6.26. The largest absolute Gasteiger partial charge is 0.383 e. The van der Waals surface area contributed by atoms with Gasteiger partial charge < -0.3 is 19.9 Å². The zero-order chi connectivity index (χ0) is 25.0. The molecule has 4 heterocycles. The summed E-state index contributed by atoms with van der Waals surface area (Å²) in [5.41, 5.74) is 8.05. The first kappa shape index (κ1) is 24.1. The number of likely N-dealkylation sites (N-methyl/N-ethyl adjacent to an activating group) is 1. The first-order valence-electron chi connectivity index (χ1n) is 11.2. The Morgan fingerprint density at radius 1 is 1.00 bits per heavy atom. The number of pyridine rings is 1. The van der Waals surface area contributed by atoms with E-state index in [-0.39, 0.29) is 11.9 Å². The Bertz CT molecular complexity index is 1240. The number of hydrogen-bond donors (Lipinski definition) is 1. The molecular formula is C24H29N9O2. The molecule has 182 valence electrons. The van der Waals surface area contributed by atoms with E-state index in [0.717, 1.165) is 22.6 Å². The fourth-order valence-corrected chi connectivity index (χ4v) is 3.57. The fourth-order valence-electron chi connectivity index (χ4n) is 3.57. The van der Waals surface area contributed by atoms with Crippen molar-refractivity contribution in [3.05, 3.63) is 54.5 Å². The molecule has 2 N–H and O–H groups in total. The smallest absolute Gasteiger partial charge is 0.278 e. The summed E-state index contributed by atoms with van der Waals surface area (Å²) in [6.45, 7) is 7.61. The van der Waals surface area contributed by atoms with Crippen LogP contribution in [0.15, 0.2) is 47.6 Å². The Hall–Kier alpha value is -3.99. The van der Waals surface area contributed by atoms with Crippen molar-refractivity contribution in [3.8, 4) is 22.8 Å². The Kier molecular flexibility index (Phi) is 6.97. The molecule has 0 saturated carbocycles. The Morgan fingerprint density at radius 2 is 1.74 bits per heavy atom. The van der Waals surface area contributed by atoms with Gasteiger partial charge in [0.1, 0.15) is 11.5 Å². The van der Waals surface area contributed by atoms with E-state index in [1.54, 1.807) is 31.9 Å². The van der Waals surface area contributed by atoms with Gasteiger partial charge in [-0.3, -0.25) is 4.98 Å². The van der Waals surface area contributed by atoms with Crippen LogP contribution in [0.1, 0.15) is 32.2 Å². The molecule has 4 aromatic heterocycles. The summed E-state index contributed by atoms with van der Waals surface area (Å²) in [5.74, 6) is 1.98. The topological polar surface area (TPSA) is 142 Å². The molecule has 0 aromatic carbocycles. The van der Waals surface area contributed by atoms with Crippen LogP contribution in [0, 0.1) is 5.92 Å². The lowest BCUT2D eigenvalue weighted by atomic mass is 9.73. The van der Waals surface area contributed by atoms with Crippen LogP contribution in [0.3, 0.4) is 0 Å². The number of hydrogen-bond acceptors (Lipinski definition) is 11. The van der Waals surface area contributed by atoms with Gasteiger partial charge in [0.25, 0.3) is 5.89 Å². The molecular weight excluding hydrogens is 446 g/mol. The maximum Gasteiger partial charge on any atom is 0.278 e. The molecule has 0 aliphatic heterocycles. The first-order chi connectivity index (χ1) is 16.8. The molecule has 0 saturated heterocycles. The van der Waals surface area contributed by atoms with Crippen LogP contribution in [-0.4, -0.2) is 62.4 Å². The summed E-state index contributed by atoms with van der Waals surface area (Å²) in [4.78, 5) is 28.3. The molecule has 4 aromatic rings. The van der Waals surface area contributed by atoms with Gasteiger partial charge in [0.05, 0.1) is 30.1 Å². The Morgan fingerprint density at radius 3 is 2.34 bits per heavy atom. The first-order valence-corrected chi connectivity index (χ1v) is 11.2. The second-order valence-electron chi connectivity index (χ2n) is 8.72. The van der Waals surface area contributed by atoms with Crippen molar-refractivity contribution >= 4 is 11.8 Å². The van der Waals surface area contributed by atoms with Crippen molar-refractivity contribution < 1.29 is 9.26 Å². The van der Waals surface area contributed by atoms with Gasteiger partial charge in [0.15, 0.2) is 5.82 Å². The summed E-state index contributed by atoms with van der Waals surface area (Å²) < 4.78 is 10.7. The number of nitrogen functional groups attached to an aromatic ring is 1. The summed E-state index contributed by atoms with van der Waals surface area (Å²) in [7, 11) is 3.60. The normalized spacial score (nSPS) is 13.1. The van der Waals surface area contributed by atoms with E-state index < -0.39 is 5.41 Å². The number of anilines is 2. The van der Waals surface area contributed by atoms with Gasteiger partial charge in [-0.15, -0.1) is 0 Å². The van der Waals surface area contributed by atoms with E-state index in [1.807, 2.05) is 30.3 Å². The predicted octanol–water partition coefficient (Wildman–Crippen LogP) is 3.01. The van der Waals surface area contributed by atoms with Crippen molar-refractivity contribution in [2.45, 2.75) is 26.2 Å². The van der Waals surface area contributed by atoms with Crippen molar-refractivity contribution in [3.63, 3.8) is 0 Å². The number of rotatable bonds is 9. The number of nitrogens with two attached hydrogens (primary N) is 1. The minimum absolute atomic E-state index is 0.156. The van der Waals surface area contributed by atoms with Crippen molar-refractivity contribution in [2.24, 2.45) is 5.92 Å². The van der Waals surface area contributed by atoms with E-state index in [2.05, 4.69) is 55.8 Å². The molecule has 0 unspecified atom stereocenters. The molecule has 0 bridgehead atoms. The minimum Gasteiger partial charge on any atom is -0.383 e. The maximum absolute atomic E-state index is 5.59. The molecule has 11 nitrogen and oxygen atoms in total.